The van der Waals surface area contributed by atoms with Crippen LogP contribution in [0.3, 0.4) is 0 Å². The first kappa shape index (κ1) is 16.7. The third kappa shape index (κ3) is 4.42. The third-order valence-electron chi connectivity index (χ3n) is 4.42. The van der Waals surface area contributed by atoms with Crippen molar-refractivity contribution < 1.29 is 8.42 Å². The number of hydrogen-bond donors (Lipinski definition) is 2. The van der Waals surface area contributed by atoms with E-state index in [4.69, 9.17) is 0 Å². The van der Waals surface area contributed by atoms with Gasteiger partial charge in [0, 0.05) is 19.6 Å². The number of benzene rings is 1. The van der Waals surface area contributed by atoms with Crippen LogP contribution in [0.4, 0.5) is 0 Å². The van der Waals surface area contributed by atoms with Gasteiger partial charge in [-0.15, -0.1) is 12.4 Å². The molecule has 21 heavy (non-hydrogen) atoms. The molecule has 1 fully saturated rings. The van der Waals surface area contributed by atoms with Gasteiger partial charge in [0.05, 0.1) is 5.75 Å². The van der Waals surface area contributed by atoms with E-state index in [2.05, 4.69) is 22.2 Å². The molecule has 0 amide bonds. The Morgan fingerprint density at radius 2 is 1.95 bits per heavy atom. The fourth-order valence-corrected chi connectivity index (χ4v) is 4.00. The molecule has 0 spiro atoms. The largest absolute Gasteiger partial charge is 0.309 e. The van der Waals surface area contributed by atoms with Crippen molar-refractivity contribution in [3.05, 3.63) is 34.9 Å². The van der Waals surface area contributed by atoms with Crippen LogP contribution in [0.25, 0.3) is 0 Å². The molecule has 0 unspecified atom stereocenters. The molecule has 1 aliphatic heterocycles. The highest BCUT2D eigenvalue weighted by Crippen LogP contribution is 2.29. The summed E-state index contributed by atoms with van der Waals surface area (Å²) in [4.78, 5) is 0. The summed E-state index contributed by atoms with van der Waals surface area (Å²) < 4.78 is 26.6. The molecule has 2 N–H and O–H groups in total. The Labute approximate surface area is 133 Å². The Morgan fingerprint density at radius 3 is 2.67 bits per heavy atom. The molecule has 118 valence electrons. The minimum atomic E-state index is -3.13. The lowest BCUT2D eigenvalue weighted by Crippen LogP contribution is -2.28. The van der Waals surface area contributed by atoms with Gasteiger partial charge >= 0.3 is 0 Å². The second-order valence-corrected chi connectivity index (χ2v) is 7.86. The molecule has 1 aromatic carbocycles. The summed E-state index contributed by atoms with van der Waals surface area (Å²) in [6, 6.07) is 6.21. The van der Waals surface area contributed by atoms with E-state index >= 15 is 0 Å². The second kappa shape index (κ2) is 7.09. The van der Waals surface area contributed by atoms with E-state index in [1.165, 1.54) is 30.4 Å². The topological polar surface area (TPSA) is 58.2 Å². The SMILES string of the molecule is Cl.O=S(=O)(CCC1CCC1)NCc1ccc2c(c1)CNC2. The van der Waals surface area contributed by atoms with Gasteiger partial charge < -0.3 is 5.32 Å². The standard InChI is InChI=1S/C15H22N2O2S.ClH/c18-20(19,7-6-12-2-1-3-12)17-9-13-4-5-14-10-16-11-15(14)8-13;/h4-5,8,12,16-17H,1-3,6-7,9-11H2;1H. The van der Waals surface area contributed by atoms with Crippen LogP contribution in [0.5, 0.6) is 0 Å². The molecule has 4 nitrogen and oxygen atoms in total. The van der Waals surface area contributed by atoms with Gasteiger partial charge in [0.1, 0.15) is 0 Å². The molecule has 0 atom stereocenters. The van der Waals surface area contributed by atoms with Crippen molar-refractivity contribution in [3.8, 4) is 0 Å². The summed E-state index contributed by atoms with van der Waals surface area (Å²) in [7, 11) is -3.13. The van der Waals surface area contributed by atoms with E-state index in [1.807, 2.05) is 6.07 Å². The summed E-state index contributed by atoms with van der Waals surface area (Å²) in [6.45, 7) is 2.21. The smallest absolute Gasteiger partial charge is 0.211 e. The Balaban J connectivity index is 0.00000161. The van der Waals surface area contributed by atoms with Crippen molar-refractivity contribution in [2.24, 2.45) is 5.92 Å². The summed E-state index contributed by atoms with van der Waals surface area (Å²) in [5.41, 5.74) is 3.65. The first-order valence-corrected chi connectivity index (χ1v) is 9.06. The number of sulfonamides is 1. The molecule has 0 aromatic heterocycles. The zero-order valence-electron chi connectivity index (χ0n) is 12.1. The van der Waals surface area contributed by atoms with Crippen LogP contribution in [0.1, 0.15) is 42.4 Å². The molecular formula is C15H23ClN2O2S. The average molecular weight is 331 g/mol. The Hall–Kier alpha value is -0.620. The van der Waals surface area contributed by atoms with Crippen molar-refractivity contribution in [3.63, 3.8) is 0 Å². The lowest BCUT2D eigenvalue weighted by atomic mass is 9.84. The zero-order valence-corrected chi connectivity index (χ0v) is 13.7. The number of rotatable bonds is 6. The minimum Gasteiger partial charge on any atom is -0.309 e. The van der Waals surface area contributed by atoms with Crippen LogP contribution in [0, 0.1) is 5.92 Å². The first-order chi connectivity index (χ1) is 9.62. The van der Waals surface area contributed by atoms with E-state index in [0.717, 1.165) is 25.1 Å². The monoisotopic (exact) mass is 330 g/mol. The number of nitrogens with one attached hydrogen (secondary N) is 2. The molecule has 3 rings (SSSR count). The maximum atomic E-state index is 12.0. The Bertz CT molecular complexity index is 585. The van der Waals surface area contributed by atoms with Gasteiger partial charge in [0.15, 0.2) is 0 Å². The van der Waals surface area contributed by atoms with Gasteiger partial charge in [-0.2, -0.15) is 0 Å². The van der Waals surface area contributed by atoms with Crippen molar-refractivity contribution in [1.82, 2.24) is 10.0 Å². The second-order valence-electron chi connectivity index (χ2n) is 5.93. The van der Waals surface area contributed by atoms with Crippen LogP contribution >= 0.6 is 12.4 Å². The van der Waals surface area contributed by atoms with Gasteiger partial charge in [-0.3, -0.25) is 0 Å². The van der Waals surface area contributed by atoms with Crippen LogP contribution in [0.15, 0.2) is 18.2 Å². The van der Waals surface area contributed by atoms with Crippen molar-refractivity contribution in [2.45, 2.75) is 45.3 Å². The molecule has 6 heteroatoms. The number of hydrogen-bond acceptors (Lipinski definition) is 3. The minimum absolute atomic E-state index is 0. The normalized spacial score (nSPS) is 17.9. The fourth-order valence-electron chi connectivity index (χ4n) is 2.83. The fraction of sp³-hybridized carbons (Fsp3) is 0.600. The summed E-state index contributed by atoms with van der Waals surface area (Å²) in [6.07, 6.45) is 4.48. The highest BCUT2D eigenvalue weighted by atomic mass is 35.5. The van der Waals surface area contributed by atoms with Gasteiger partial charge in [-0.25, -0.2) is 13.1 Å². The van der Waals surface area contributed by atoms with E-state index in [9.17, 15) is 8.42 Å². The zero-order chi connectivity index (χ0) is 14.0. The quantitative estimate of drug-likeness (QED) is 0.841. The Morgan fingerprint density at radius 1 is 1.19 bits per heavy atom. The van der Waals surface area contributed by atoms with E-state index < -0.39 is 10.0 Å². The van der Waals surface area contributed by atoms with Gasteiger partial charge in [0.2, 0.25) is 10.0 Å². The van der Waals surface area contributed by atoms with Crippen LogP contribution < -0.4 is 10.0 Å². The summed E-state index contributed by atoms with van der Waals surface area (Å²) in [5.74, 6) is 0.905. The molecule has 1 saturated carbocycles. The molecule has 1 aliphatic carbocycles. The lowest BCUT2D eigenvalue weighted by molar-refractivity contribution is 0.307. The highest BCUT2D eigenvalue weighted by molar-refractivity contribution is 7.89. The number of halogens is 1. The molecule has 0 radical (unpaired) electrons. The van der Waals surface area contributed by atoms with Gasteiger partial charge in [-0.1, -0.05) is 37.5 Å². The lowest BCUT2D eigenvalue weighted by Gasteiger charge is -2.24. The molecule has 2 aliphatic rings. The van der Waals surface area contributed by atoms with E-state index in [-0.39, 0.29) is 18.2 Å². The van der Waals surface area contributed by atoms with E-state index in [0.29, 0.717) is 12.5 Å². The maximum absolute atomic E-state index is 12.0. The first-order valence-electron chi connectivity index (χ1n) is 7.41. The van der Waals surface area contributed by atoms with Crippen molar-refractivity contribution in [1.29, 1.82) is 0 Å². The molecule has 1 heterocycles. The molecule has 0 bridgehead atoms. The highest BCUT2D eigenvalue weighted by Gasteiger charge is 2.20. The molecule has 1 aromatic rings. The van der Waals surface area contributed by atoms with Crippen LogP contribution in [0.2, 0.25) is 0 Å². The summed E-state index contributed by atoms with van der Waals surface area (Å²) >= 11 is 0. The van der Waals surface area contributed by atoms with Crippen LogP contribution in [-0.4, -0.2) is 14.2 Å². The van der Waals surface area contributed by atoms with Gasteiger partial charge in [-0.05, 0) is 29.0 Å². The molecule has 0 saturated heterocycles. The van der Waals surface area contributed by atoms with E-state index in [1.54, 1.807) is 0 Å². The molecular weight excluding hydrogens is 308 g/mol. The third-order valence-corrected chi connectivity index (χ3v) is 5.77. The van der Waals surface area contributed by atoms with Gasteiger partial charge in [0.25, 0.3) is 0 Å². The predicted molar refractivity (Wildman–Crippen MR) is 86.8 cm³/mol. The van der Waals surface area contributed by atoms with Crippen molar-refractivity contribution >= 4 is 22.4 Å². The van der Waals surface area contributed by atoms with Crippen molar-refractivity contribution in [2.75, 3.05) is 5.75 Å². The average Bonchev–Trinajstić information content (AvgIpc) is 2.81. The summed E-state index contributed by atoms with van der Waals surface area (Å²) in [5, 5.41) is 3.29. The van der Waals surface area contributed by atoms with Crippen LogP contribution in [-0.2, 0) is 29.7 Å². The predicted octanol–water partition coefficient (Wildman–Crippen LogP) is 2.32. The number of fused-ring (bicyclic) bond motifs is 1. The maximum Gasteiger partial charge on any atom is 0.211 e. The Kier molecular flexibility index (Phi) is 5.66.